The van der Waals surface area contributed by atoms with Crippen molar-refractivity contribution in [2.75, 3.05) is 49.1 Å². The van der Waals surface area contributed by atoms with Crippen molar-refractivity contribution < 1.29 is 18.0 Å². The highest BCUT2D eigenvalue weighted by atomic mass is 19.4. The fourth-order valence-electron chi connectivity index (χ4n) is 3.93. The third kappa shape index (κ3) is 3.79. The van der Waals surface area contributed by atoms with Crippen LogP contribution >= 0.6 is 0 Å². The van der Waals surface area contributed by atoms with E-state index in [9.17, 15) is 18.0 Å². The number of carbonyl (C=O) groups excluding carboxylic acids is 1. The Labute approximate surface area is 162 Å². The van der Waals surface area contributed by atoms with E-state index >= 15 is 0 Å². The van der Waals surface area contributed by atoms with Crippen LogP contribution in [0.1, 0.15) is 11.1 Å². The Morgan fingerprint density at radius 2 is 1.68 bits per heavy atom. The van der Waals surface area contributed by atoms with Crippen LogP contribution in [0.5, 0.6) is 0 Å². The molecule has 0 unspecified atom stereocenters. The first-order chi connectivity index (χ1) is 13.4. The predicted octanol–water partition coefficient (Wildman–Crippen LogP) is 3.42. The lowest BCUT2D eigenvalue weighted by atomic mass is 10.1. The van der Waals surface area contributed by atoms with Gasteiger partial charge in [0.25, 0.3) is 0 Å². The quantitative estimate of drug-likeness (QED) is 0.805. The average molecular weight is 389 g/mol. The van der Waals surface area contributed by atoms with Crippen molar-refractivity contribution in [2.45, 2.75) is 12.6 Å². The highest BCUT2D eigenvalue weighted by Crippen LogP contribution is 2.32. The molecule has 7 heteroatoms. The van der Waals surface area contributed by atoms with Crippen LogP contribution in [0, 0.1) is 0 Å². The van der Waals surface area contributed by atoms with Crippen LogP contribution in [-0.2, 0) is 17.4 Å². The molecule has 0 radical (unpaired) electrons. The molecule has 0 spiro atoms. The first-order valence-electron chi connectivity index (χ1n) is 9.45. The number of nitrogens with zero attached hydrogens (tertiary/aromatic N) is 3. The van der Waals surface area contributed by atoms with Crippen LogP contribution in [0.2, 0.25) is 0 Å². The first-order valence-corrected chi connectivity index (χ1v) is 9.45. The maximum Gasteiger partial charge on any atom is 0.416 e. The molecule has 0 aliphatic carbocycles. The van der Waals surface area contributed by atoms with Crippen molar-refractivity contribution in [1.29, 1.82) is 0 Å². The molecule has 2 aromatic rings. The standard InChI is InChI=1S/C21H22F3N3O/c22-21(23,24)17-5-3-6-18(14-17)25-10-12-26(13-11-25)20(28)15-27-9-8-16-4-1-2-7-19(16)27/h1-7,14H,8-13,15H2. The zero-order valence-corrected chi connectivity index (χ0v) is 15.5. The molecule has 0 saturated carbocycles. The van der Waals surface area contributed by atoms with Crippen molar-refractivity contribution in [3.63, 3.8) is 0 Å². The molecule has 148 valence electrons. The summed E-state index contributed by atoms with van der Waals surface area (Å²) in [4.78, 5) is 18.5. The molecule has 0 bridgehead atoms. The maximum absolute atomic E-state index is 12.9. The summed E-state index contributed by atoms with van der Waals surface area (Å²) < 4.78 is 38.8. The highest BCUT2D eigenvalue weighted by Gasteiger charge is 2.31. The van der Waals surface area contributed by atoms with Crippen molar-refractivity contribution in [1.82, 2.24) is 4.90 Å². The van der Waals surface area contributed by atoms with Crippen LogP contribution in [0.3, 0.4) is 0 Å². The van der Waals surface area contributed by atoms with Crippen molar-refractivity contribution in [3.8, 4) is 0 Å². The number of fused-ring (bicyclic) bond motifs is 1. The van der Waals surface area contributed by atoms with Gasteiger partial charge < -0.3 is 14.7 Å². The van der Waals surface area contributed by atoms with Gasteiger partial charge in [0, 0.05) is 44.1 Å². The number of para-hydroxylation sites is 1. The van der Waals surface area contributed by atoms with Gasteiger partial charge in [0.15, 0.2) is 0 Å². The molecule has 2 aliphatic heterocycles. The van der Waals surface area contributed by atoms with E-state index < -0.39 is 11.7 Å². The molecule has 2 aliphatic rings. The van der Waals surface area contributed by atoms with Gasteiger partial charge in [-0.2, -0.15) is 13.2 Å². The maximum atomic E-state index is 12.9. The van der Waals surface area contributed by atoms with E-state index in [0.717, 1.165) is 24.7 Å². The zero-order valence-electron chi connectivity index (χ0n) is 15.5. The number of halogens is 3. The molecule has 4 rings (SSSR count). The van der Waals surface area contributed by atoms with E-state index in [4.69, 9.17) is 0 Å². The number of piperazine rings is 1. The van der Waals surface area contributed by atoms with Gasteiger partial charge in [-0.15, -0.1) is 0 Å². The Balaban J connectivity index is 1.35. The smallest absolute Gasteiger partial charge is 0.368 e. The van der Waals surface area contributed by atoms with Crippen LogP contribution < -0.4 is 9.80 Å². The van der Waals surface area contributed by atoms with Gasteiger partial charge in [-0.05, 0) is 36.2 Å². The van der Waals surface area contributed by atoms with E-state index in [1.165, 1.54) is 17.7 Å². The van der Waals surface area contributed by atoms with Gasteiger partial charge in [0.1, 0.15) is 0 Å². The Morgan fingerprint density at radius 3 is 2.43 bits per heavy atom. The van der Waals surface area contributed by atoms with Crippen molar-refractivity contribution >= 4 is 17.3 Å². The number of anilines is 2. The summed E-state index contributed by atoms with van der Waals surface area (Å²) in [7, 11) is 0. The second kappa shape index (κ2) is 7.37. The minimum Gasteiger partial charge on any atom is -0.368 e. The van der Waals surface area contributed by atoms with Crippen LogP contribution in [0.15, 0.2) is 48.5 Å². The molecule has 0 N–H and O–H groups in total. The van der Waals surface area contributed by atoms with E-state index in [1.54, 1.807) is 6.07 Å². The number of benzene rings is 2. The summed E-state index contributed by atoms with van der Waals surface area (Å²) in [6.07, 6.45) is -3.40. The number of amides is 1. The van der Waals surface area contributed by atoms with Crippen LogP contribution in [-0.4, -0.2) is 50.1 Å². The lowest BCUT2D eigenvalue weighted by molar-refractivity contribution is -0.137. The second-order valence-corrected chi connectivity index (χ2v) is 7.22. The molecule has 28 heavy (non-hydrogen) atoms. The van der Waals surface area contributed by atoms with Crippen molar-refractivity contribution in [3.05, 3.63) is 59.7 Å². The number of alkyl halides is 3. The predicted molar refractivity (Wildman–Crippen MR) is 103 cm³/mol. The Bertz CT molecular complexity index is 860. The Kier molecular flexibility index (Phi) is 4.91. The van der Waals surface area contributed by atoms with Gasteiger partial charge >= 0.3 is 6.18 Å². The van der Waals surface area contributed by atoms with Crippen LogP contribution in [0.4, 0.5) is 24.5 Å². The Morgan fingerprint density at radius 1 is 0.929 bits per heavy atom. The summed E-state index contributed by atoms with van der Waals surface area (Å²) in [5.74, 6) is 0.0698. The summed E-state index contributed by atoms with van der Waals surface area (Å²) >= 11 is 0. The molecule has 0 atom stereocenters. The lowest BCUT2D eigenvalue weighted by Crippen LogP contribution is -2.51. The van der Waals surface area contributed by atoms with Gasteiger partial charge in [0.2, 0.25) is 5.91 Å². The summed E-state index contributed by atoms with van der Waals surface area (Å²) in [6, 6.07) is 13.5. The summed E-state index contributed by atoms with van der Waals surface area (Å²) in [6.45, 7) is 3.29. The highest BCUT2D eigenvalue weighted by molar-refractivity contribution is 5.82. The fraction of sp³-hybridized carbons (Fsp3) is 0.381. The van der Waals surface area contributed by atoms with Gasteiger partial charge in [-0.1, -0.05) is 24.3 Å². The van der Waals surface area contributed by atoms with E-state index in [-0.39, 0.29) is 5.91 Å². The minimum atomic E-state index is -4.35. The fourth-order valence-corrected chi connectivity index (χ4v) is 3.93. The third-order valence-electron chi connectivity index (χ3n) is 5.48. The molecule has 4 nitrogen and oxygen atoms in total. The molecule has 1 saturated heterocycles. The topological polar surface area (TPSA) is 26.8 Å². The summed E-state index contributed by atoms with van der Waals surface area (Å²) in [5.41, 5.74) is 2.30. The molecule has 2 aromatic carbocycles. The average Bonchev–Trinajstić information content (AvgIpc) is 3.10. The third-order valence-corrected chi connectivity index (χ3v) is 5.48. The van der Waals surface area contributed by atoms with Crippen molar-refractivity contribution in [2.24, 2.45) is 0 Å². The molecule has 0 aromatic heterocycles. The van der Waals surface area contributed by atoms with E-state index in [0.29, 0.717) is 38.4 Å². The largest absolute Gasteiger partial charge is 0.416 e. The van der Waals surface area contributed by atoms with Gasteiger partial charge in [0.05, 0.1) is 12.1 Å². The van der Waals surface area contributed by atoms with E-state index in [2.05, 4.69) is 11.0 Å². The molecular weight excluding hydrogens is 367 g/mol. The van der Waals surface area contributed by atoms with Gasteiger partial charge in [-0.25, -0.2) is 0 Å². The number of rotatable bonds is 3. The second-order valence-electron chi connectivity index (χ2n) is 7.22. The van der Waals surface area contributed by atoms with Gasteiger partial charge in [-0.3, -0.25) is 4.79 Å². The Hall–Kier alpha value is -2.70. The summed E-state index contributed by atoms with van der Waals surface area (Å²) in [5, 5.41) is 0. The SMILES string of the molecule is O=C(CN1CCc2ccccc21)N1CCN(c2cccc(C(F)(F)F)c2)CC1. The molecule has 2 heterocycles. The van der Waals surface area contributed by atoms with E-state index in [1.807, 2.05) is 28.0 Å². The van der Waals surface area contributed by atoms with Crippen LogP contribution in [0.25, 0.3) is 0 Å². The minimum absolute atomic E-state index is 0.0698. The molecular formula is C21H22F3N3O. The number of hydrogen-bond donors (Lipinski definition) is 0. The lowest BCUT2D eigenvalue weighted by Gasteiger charge is -2.37. The normalized spacial score (nSPS) is 17.0. The molecule has 1 fully saturated rings. The zero-order chi connectivity index (χ0) is 19.7. The first kappa shape index (κ1) is 18.7. The number of hydrogen-bond acceptors (Lipinski definition) is 3. The monoisotopic (exact) mass is 389 g/mol. The number of carbonyl (C=O) groups is 1. The molecule has 1 amide bonds.